The van der Waals surface area contributed by atoms with Crippen LogP contribution in [0.1, 0.15) is 44.7 Å². The summed E-state index contributed by atoms with van der Waals surface area (Å²) in [7, 11) is 0. The maximum absolute atomic E-state index is 5.42. The van der Waals surface area contributed by atoms with Crippen molar-refractivity contribution in [2.75, 3.05) is 0 Å². The first-order valence-electron chi connectivity index (χ1n) is 5.76. The maximum Gasteiger partial charge on any atom is 0.0743 e. The minimum atomic E-state index is -0.239. The monoisotopic (exact) mass is 215 g/mol. The van der Waals surface area contributed by atoms with E-state index in [1.165, 1.54) is 11.1 Å². The Morgan fingerprint density at radius 3 is 2.25 bits per heavy atom. The molecule has 86 valence electrons. The molecule has 0 aromatic heterocycles. The molecule has 1 aromatic carbocycles. The number of benzene rings is 1. The highest BCUT2D eigenvalue weighted by molar-refractivity contribution is 5.25. The molecule has 0 saturated heterocycles. The first-order valence-corrected chi connectivity index (χ1v) is 5.76. The van der Waals surface area contributed by atoms with Crippen LogP contribution in [-0.4, -0.2) is 5.54 Å². The van der Waals surface area contributed by atoms with Gasteiger partial charge in [0.05, 0.1) is 5.54 Å². The van der Waals surface area contributed by atoms with Gasteiger partial charge < -0.3 is 0 Å². The quantitative estimate of drug-likeness (QED) is 0.760. The molecule has 0 radical (unpaired) electrons. The zero-order valence-corrected chi connectivity index (χ0v) is 10.7. The molecule has 0 heterocycles. The normalized spacial score (nSPS) is 11.5. The fourth-order valence-electron chi connectivity index (χ4n) is 1.39. The Kier molecular flexibility index (Phi) is 4.15. The topological polar surface area (TPSA) is 12.0 Å². The van der Waals surface area contributed by atoms with Gasteiger partial charge in [-0.05, 0) is 30.9 Å². The van der Waals surface area contributed by atoms with Crippen LogP contribution in [0.3, 0.4) is 0 Å². The van der Waals surface area contributed by atoms with Crippen LogP contribution in [0.4, 0.5) is 0 Å². The highest BCUT2D eigenvalue weighted by Crippen LogP contribution is 2.15. The van der Waals surface area contributed by atoms with E-state index in [9.17, 15) is 0 Å². The van der Waals surface area contributed by atoms with Gasteiger partial charge in [-0.15, -0.1) is 6.42 Å². The van der Waals surface area contributed by atoms with Crippen LogP contribution in [0, 0.1) is 12.3 Å². The molecule has 16 heavy (non-hydrogen) atoms. The van der Waals surface area contributed by atoms with Gasteiger partial charge in [0.15, 0.2) is 0 Å². The Labute approximate surface area is 99.3 Å². The lowest BCUT2D eigenvalue weighted by Crippen LogP contribution is -2.36. The third-order valence-electron chi connectivity index (χ3n) is 2.74. The van der Waals surface area contributed by atoms with Crippen LogP contribution < -0.4 is 5.32 Å². The molecule has 1 rings (SSSR count). The molecule has 0 unspecified atom stereocenters. The molecule has 0 atom stereocenters. The van der Waals surface area contributed by atoms with Gasteiger partial charge in [-0.2, -0.15) is 0 Å². The van der Waals surface area contributed by atoms with Crippen molar-refractivity contribution < 1.29 is 0 Å². The molecule has 0 saturated carbocycles. The average Bonchev–Trinajstić information content (AvgIpc) is 2.27. The zero-order chi connectivity index (χ0) is 12.2. The van der Waals surface area contributed by atoms with Gasteiger partial charge >= 0.3 is 0 Å². The van der Waals surface area contributed by atoms with Crippen LogP contribution in [0.5, 0.6) is 0 Å². The summed E-state index contributed by atoms with van der Waals surface area (Å²) in [6.45, 7) is 9.24. The molecular formula is C15H21N. The van der Waals surface area contributed by atoms with E-state index in [1.807, 2.05) is 13.8 Å². The predicted molar refractivity (Wildman–Crippen MR) is 70.3 cm³/mol. The lowest BCUT2D eigenvalue weighted by Gasteiger charge is -2.19. The average molecular weight is 215 g/mol. The van der Waals surface area contributed by atoms with Gasteiger partial charge in [0, 0.05) is 6.54 Å². The van der Waals surface area contributed by atoms with Crippen molar-refractivity contribution in [3.63, 3.8) is 0 Å². The summed E-state index contributed by atoms with van der Waals surface area (Å²) in [6.07, 6.45) is 5.42. The Hall–Kier alpha value is -1.26. The first kappa shape index (κ1) is 12.8. The van der Waals surface area contributed by atoms with Crippen molar-refractivity contribution in [1.82, 2.24) is 5.32 Å². The fourth-order valence-corrected chi connectivity index (χ4v) is 1.39. The van der Waals surface area contributed by atoms with E-state index >= 15 is 0 Å². The SMILES string of the molecule is C#CC(C)(C)NCc1ccc(C(C)C)cc1. The summed E-state index contributed by atoms with van der Waals surface area (Å²) in [4.78, 5) is 0. The van der Waals surface area contributed by atoms with Crippen LogP contribution >= 0.6 is 0 Å². The van der Waals surface area contributed by atoms with Crippen molar-refractivity contribution in [2.45, 2.75) is 45.7 Å². The van der Waals surface area contributed by atoms with Gasteiger partial charge in [0.2, 0.25) is 0 Å². The summed E-state index contributed by atoms with van der Waals surface area (Å²) in [6, 6.07) is 8.69. The van der Waals surface area contributed by atoms with E-state index in [0.29, 0.717) is 5.92 Å². The van der Waals surface area contributed by atoms with Gasteiger partial charge in [0.25, 0.3) is 0 Å². The maximum atomic E-state index is 5.42. The smallest absolute Gasteiger partial charge is 0.0743 e. The molecule has 1 aromatic rings. The standard InChI is InChI=1S/C15H21N/c1-6-15(4,5)16-11-13-7-9-14(10-8-13)12(2)3/h1,7-10,12,16H,11H2,2-5H3. The third-order valence-corrected chi connectivity index (χ3v) is 2.74. The lowest BCUT2D eigenvalue weighted by molar-refractivity contribution is 0.491. The summed E-state index contributed by atoms with van der Waals surface area (Å²) in [5.41, 5.74) is 2.41. The van der Waals surface area contributed by atoms with E-state index in [0.717, 1.165) is 6.54 Å². The van der Waals surface area contributed by atoms with Crippen molar-refractivity contribution in [1.29, 1.82) is 0 Å². The van der Waals surface area contributed by atoms with Crippen molar-refractivity contribution in [3.8, 4) is 12.3 Å². The van der Waals surface area contributed by atoms with Crippen LogP contribution in [0.15, 0.2) is 24.3 Å². The lowest BCUT2D eigenvalue weighted by atomic mass is 10.0. The van der Waals surface area contributed by atoms with Crippen LogP contribution in [0.25, 0.3) is 0 Å². The second-order valence-electron chi connectivity index (χ2n) is 5.02. The van der Waals surface area contributed by atoms with Crippen LogP contribution in [-0.2, 0) is 6.54 Å². The molecule has 0 amide bonds. The predicted octanol–water partition coefficient (Wildman–Crippen LogP) is 3.31. The number of hydrogen-bond acceptors (Lipinski definition) is 1. The Morgan fingerprint density at radius 2 is 1.81 bits per heavy atom. The van der Waals surface area contributed by atoms with Gasteiger partial charge in [0.1, 0.15) is 0 Å². The Morgan fingerprint density at radius 1 is 1.25 bits per heavy atom. The van der Waals surface area contributed by atoms with Gasteiger partial charge in [-0.1, -0.05) is 44.0 Å². The number of hydrogen-bond donors (Lipinski definition) is 1. The molecule has 0 aliphatic heterocycles. The fraction of sp³-hybridized carbons (Fsp3) is 0.467. The third kappa shape index (κ3) is 3.72. The van der Waals surface area contributed by atoms with E-state index in [2.05, 4.69) is 49.4 Å². The largest absolute Gasteiger partial charge is 0.298 e. The highest BCUT2D eigenvalue weighted by Gasteiger charge is 2.11. The second kappa shape index (κ2) is 5.18. The van der Waals surface area contributed by atoms with E-state index in [4.69, 9.17) is 6.42 Å². The molecule has 0 aliphatic rings. The molecule has 0 fully saturated rings. The summed E-state index contributed by atoms with van der Waals surface area (Å²) < 4.78 is 0. The molecular weight excluding hydrogens is 194 g/mol. The van der Waals surface area contributed by atoms with E-state index in [-0.39, 0.29) is 5.54 Å². The number of nitrogens with one attached hydrogen (secondary N) is 1. The zero-order valence-electron chi connectivity index (χ0n) is 10.7. The minimum Gasteiger partial charge on any atom is -0.298 e. The molecule has 0 bridgehead atoms. The minimum absolute atomic E-state index is 0.239. The summed E-state index contributed by atoms with van der Waals surface area (Å²) in [5, 5.41) is 3.34. The molecule has 0 spiro atoms. The molecule has 1 heteroatoms. The van der Waals surface area contributed by atoms with Gasteiger partial charge in [-0.25, -0.2) is 0 Å². The van der Waals surface area contributed by atoms with E-state index in [1.54, 1.807) is 0 Å². The Balaban J connectivity index is 2.60. The Bertz CT molecular complexity index is 365. The molecule has 1 N–H and O–H groups in total. The first-order chi connectivity index (χ1) is 7.44. The summed E-state index contributed by atoms with van der Waals surface area (Å²) in [5.74, 6) is 3.32. The summed E-state index contributed by atoms with van der Waals surface area (Å²) >= 11 is 0. The molecule has 0 aliphatic carbocycles. The molecule has 1 nitrogen and oxygen atoms in total. The number of rotatable bonds is 4. The van der Waals surface area contributed by atoms with Crippen LogP contribution in [0.2, 0.25) is 0 Å². The van der Waals surface area contributed by atoms with Crippen molar-refractivity contribution in [3.05, 3.63) is 35.4 Å². The highest BCUT2D eigenvalue weighted by atomic mass is 14.9. The van der Waals surface area contributed by atoms with Crippen molar-refractivity contribution in [2.24, 2.45) is 0 Å². The van der Waals surface area contributed by atoms with E-state index < -0.39 is 0 Å². The number of terminal acetylenes is 1. The second-order valence-corrected chi connectivity index (χ2v) is 5.02. The van der Waals surface area contributed by atoms with Crippen molar-refractivity contribution >= 4 is 0 Å². The van der Waals surface area contributed by atoms with Gasteiger partial charge in [-0.3, -0.25) is 5.32 Å².